The lowest BCUT2D eigenvalue weighted by molar-refractivity contribution is -0.140. The number of carbonyl (C=O) groups is 3. The number of ether oxygens (including phenoxy) is 3. The average molecular weight is 453 g/mol. The first kappa shape index (κ1) is 24.0. The van der Waals surface area contributed by atoms with Crippen LogP contribution in [0.4, 0.5) is 0 Å². The summed E-state index contributed by atoms with van der Waals surface area (Å²) < 4.78 is 15.4. The fourth-order valence-corrected chi connectivity index (χ4v) is 3.90. The Morgan fingerprint density at radius 3 is 2.36 bits per heavy atom. The highest BCUT2D eigenvalue weighted by molar-refractivity contribution is 6.46. The molecule has 1 saturated heterocycles. The van der Waals surface area contributed by atoms with Gasteiger partial charge in [-0.1, -0.05) is 12.1 Å². The van der Waals surface area contributed by atoms with Crippen LogP contribution in [-0.4, -0.2) is 55.0 Å². The van der Waals surface area contributed by atoms with Crippen LogP contribution in [0.1, 0.15) is 36.1 Å². The third-order valence-electron chi connectivity index (χ3n) is 5.41. The van der Waals surface area contributed by atoms with Gasteiger partial charge in [-0.05, 0) is 54.8 Å². The van der Waals surface area contributed by atoms with E-state index in [0.29, 0.717) is 35.7 Å². The number of likely N-dealkylation sites (tertiary alicyclic amines) is 1. The fourth-order valence-electron chi connectivity index (χ4n) is 3.90. The number of carbonyl (C=O) groups excluding carboxylic acids is 3. The first-order chi connectivity index (χ1) is 15.8. The smallest absolute Gasteiger partial charge is 0.308 e. The molecule has 3 rings (SSSR count). The monoisotopic (exact) mass is 453 g/mol. The van der Waals surface area contributed by atoms with E-state index in [1.165, 1.54) is 11.8 Å². The second-order valence-corrected chi connectivity index (χ2v) is 7.69. The van der Waals surface area contributed by atoms with E-state index in [4.69, 9.17) is 14.2 Å². The van der Waals surface area contributed by atoms with Gasteiger partial charge >= 0.3 is 5.97 Å². The highest BCUT2D eigenvalue weighted by atomic mass is 16.5. The maximum absolute atomic E-state index is 13.0. The Bertz CT molecular complexity index is 1090. The number of hydrogen-bond acceptors (Lipinski definition) is 7. The number of aryl methyl sites for hydroxylation is 1. The highest BCUT2D eigenvalue weighted by Crippen LogP contribution is 2.40. The largest absolute Gasteiger partial charge is 0.507 e. The molecule has 0 aromatic heterocycles. The fraction of sp³-hybridized carbons (Fsp3) is 0.320. The van der Waals surface area contributed by atoms with E-state index in [2.05, 4.69) is 0 Å². The van der Waals surface area contributed by atoms with E-state index < -0.39 is 23.7 Å². The van der Waals surface area contributed by atoms with Gasteiger partial charge in [0.25, 0.3) is 11.7 Å². The molecule has 2 aromatic carbocycles. The lowest BCUT2D eigenvalue weighted by atomic mass is 9.94. The molecule has 1 heterocycles. The molecule has 33 heavy (non-hydrogen) atoms. The number of Topliss-reactive ketones (excluding diaryl/α,β-unsaturated/α-hetero) is 1. The molecular formula is C25H27NO7. The van der Waals surface area contributed by atoms with Gasteiger partial charge in [0, 0.05) is 32.7 Å². The van der Waals surface area contributed by atoms with Gasteiger partial charge in [0.05, 0.1) is 18.7 Å². The average Bonchev–Trinajstić information content (AvgIpc) is 3.04. The van der Waals surface area contributed by atoms with Crippen molar-refractivity contribution in [2.75, 3.05) is 27.4 Å². The molecule has 1 aliphatic rings. The number of nitrogens with zero attached hydrogens (tertiary/aromatic N) is 1. The van der Waals surface area contributed by atoms with E-state index in [9.17, 15) is 19.5 Å². The minimum Gasteiger partial charge on any atom is -0.507 e. The SMILES string of the molecule is COCCCN1C(=O)C(=O)/C(=C(\O)c2ccc(OC)c(C)c2)C1c1ccc(OC(C)=O)cc1. The van der Waals surface area contributed by atoms with Gasteiger partial charge in [0.15, 0.2) is 0 Å². The van der Waals surface area contributed by atoms with Crippen molar-refractivity contribution >= 4 is 23.4 Å². The van der Waals surface area contributed by atoms with E-state index in [1.807, 2.05) is 6.92 Å². The molecule has 0 spiro atoms. The van der Waals surface area contributed by atoms with Gasteiger partial charge in [-0.25, -0.2) is 0 Å². The Morgan fingerprint density at radius 2 is 1.79 bits per heavy atom. The summed E-state index contributed by atoms with van der Waals surface area (Å²) in [5, 5.41) is 11.1. The van der Waals surface area contributed by atoms with Crippen molar-refractivity contribution in [3.05, 3.63) is 64.7 Å². The first-order valence-corrected chi connectivity index (χ1v) is 10.5. The van der Waals surface area contributed by atoms with Crippen LogP contribution in [0, 0.1) is 6.92 Å². The molecule has 0 bridgehead atoms. The Morgan fingerprint density at radius 1 is 1.09 bits per heavy atom. The van der Waals surface area contributed by atoms with Crippen molar-refractivity contribution in [3.8, 4) is 11.5 Å². The van der Waals surface area contributed by atoms with E-state index in [-0.39, 0.29) is 17.9 Å². The highest BCUT2D eigenvalue weighted by Gasteiger charge is 2.45. The van der Waals surface area contributed by atoms with E-state index >= 15 is 0 Å². The quantitative estimate of drug-likeness (QED) is 0.163. The summed E-state index contributed by atoms with van der Waals surface area (Å²) in [7, 11) is 3.11. The van der Waals surface area contributed by atoms with Crippen LogP contribution in [-0.2, 0) is 19.1 Å². The molecule has 8 nitrogen and oxygen atoms in total. The van der Waals surface area contributed by atoms with Crippen molar-refractivity contribution in [3.63, 3.8) is 0 Å². The number of methoxy groups -OCH3 is 2. The van der Waals surface area contributed by atoms with Gasteiger partial charge in [-0.3, -0.25) is 14.4 Å². The third kappa shape index (κ3) is 5.06. The number of amides is 1. The zero-order chi connectivity index (χ0) is 24.1. The molecule has 0 radical (unpaired) electrons. The number of aliphatic hydroxyl groups excluding tert-OH is 1. The Labute approximate surface area is 192 Å². The molecule has 1 unspecified atom stereocenters. The Balaban J connectivity index is 2.10. The number of aliphatic hydroxyl groups is 1. The number of rotatable bonds is 8. The zero-order valence-corrected chi connectivity index (χ0v) is 19.1. The Kier molecular flexibility index (Phi) is 7.50. The minimum absolute atomic E-state index is 0.00206. The summed E-state index contributed by atoms with van der Waals surface area (Å²) in [6.07, 6.45) is 0.521. The Hall–Kier alpha value is -3.65. The topological polar surface area (TPSA) is 102 Å². The molecule has 1 atom stereocenters. The van der Waals surface area contributed by atoms with Crippen LogP contribution in [0.2, 0.25) is 0 Å². The number of esters is 1. The lowest BCUT2D eigenvalue weighted by Crippen LogP contribution is -2.31. The third-order valence-corrected chi connectivity index (χ3v) is 5.41. The van der Waals surface area contributed by atoms with Gasteiger partial charge in [0.1, 0.15) is 17.3 Å². The molecule has 1 aliphatic heterocycles. The summed E-state index contributed by atoms with van der Waals surface area (Å²) >= 11 is 0. The number of benzene rings is 2. The predicted octanol–water partition coefficient (Wildman–Crippen LogP) is 3.39. The van der Waals surface area contributed by atoms with Crippen molar-refractivity contribution in [1.82, 2.24) is 4.90 Å². The van der Waals surface area contributed by atoms with Crippen molar-refractivity contribution in [2.45, 2.75) is 26.3 Å². The lowest BCUT2D eigenvalue weighted by Gasteiger charge is -2.25. The van der Waals surface area contributed by atoms with Crippen molar-refractivity contribution in [1.29, 1.82) is 0 Å². The summed E-state index contributed by atoms with van der Waals surface area (Å²) in [6, 6.07) is 10.8. The van der Waals surface area contributed by atoms with Crippen LogP contribution in [0.3, 0.4) is 0 Å². The molecule has 8 heteroatoms. The standard InChI is InChI=1S/C25H27NO7/c1-15-14-18(8-11-20(15)32-4)23(28)21-22(17-6-9-19(10-7-17)33-16(2)27)26(12-5-13-31-3)25(30)24(21)29/h6-11,14,22,28H,5,12-13H2,1-4H3/b23-21-. The summed E-state index contributed by atoms with van der Waals surface area (Å²) in [6.45, 7) is 3.81. The van der Waals surface area contributed by atoms with Crippen LogP contribution in [0.25, 0.3) is 5.76 Å². The second-order valence-electron chi connectivity index (χ2n) is 7.69. The zero-order valence-electron chi connectivity index (χ0n) is 19.1. The summed E-state index contributed by atoms with van der Waals surface area (Å²) in [4.78, 5) is 38.6. The van der Waals surface area contributed by atoms with E-state index in [1.54, 1.807) is 56.7 Å². The second kappa shape index (κ2) is 10.3. The van der Waals surface area contributed by atoms with Gasteiger partial charge < -0.3 is 24.2 Å². The summed E-state index contributed by atoms with van der Waals surface area (Å²) in [5.41, 5.74) is 1.79. The van der Waals surface area contributed by atoms with Crippen molar-refractivity contribution < 1.29 is 33.7 Å². The predicted molar refractivity (Wildman–Crippen MR) is 121 cm³/mol. The number of hydrogen-bond donors (Lipinski definition) is 1. The van der Waals surface area contributed by atoms with Crippen LogP contribution in [0.15, 0.2) is 48.0 Å². The van der Waals surface area contributed by atoms with Crippen LogP contribution in [0.5, 0.6) is 11.5 Å². The number of ketones is 1. The van der Waals surface area contributed by atoms with Crippen LogP contribution >= 0.6 is 0 Å². The molecule has 1 amide bonds. The normalized spacial score (nSPS) is 17.3. The molecular weight excluding hydrogens is 426 g/mol. The minimum atomic E-state index is -0.796. The maximum atomic E-state index is 13.0. The van der Waals surface area contributed by atoms with Gasteiger partial charge in [-0.15, -0.1) is 0 Å². The van der Waals surface area contributed by atoms with Crippen molar-refractivity contribution in [2.24, 2.45) is 0 Å². The molecule has 1 N–H and O–H groups in total. The molecule has 2 aromatic rings. The molecule has 0 aliphatic carbocycles. The van der Waals surface area contributed by atoms with Gasteiger partial charge in [0.2, 0.25) is 0 Å². The molecule has 0 saturated carbocycles. The first-order valence-electron chi connectivity index (χ1n) is 10.5. The summed E-state index contributed by atoms with van der Waals surface area (Å²) in [5.74, 6) is -1.18. The maximum Gasteiger partial charge on any atom is 0.308 e. The molecule has 174 valence electrons. The van der Waals surface area contributed by atoms with Gasteiger partial charge in [-0.2, -0.15) is 0 Å². The van der Waals surface area contributed by atoms with E-state index in [0.717, 1.165) is 5.56 Å². The molecule has 1 fully saturated rings. The van der Waals surface area contributed by atoms with Crippen LogP contribution < -0.4 is 9.47 Å².